The van der Waals surface area contributed by atoms with Crippen LogP contribution in [0.2, 0.25) is 0 Å². The number of amides is 1. The Morgan fingerprint density at radius 3 is 2.67 bits per heavy atom. The molecule has 1 aliphatic heterocycles. The first-order valence-electron chi connectivity index (χ1n) is 5.21. The Labute approximate surface area is 103 Å². The van der Waals surface area contributed by atoms with E-state index in [0.29, 0.717) is 5.57 Å². The molecule has 0 saturated heterocycles. The van der Waals surface area contributed by atoms with Gasteiger partial charge < -0.3 is 4.90 Å². The lowest BCUT2D eigenvalue weighted by Gasteiger charge is -2.15. The molecule has 0 N–H and O–H groups in total. The Balaban J connectivity index is 2.27. The SMILES string of the molecule is CN1N=CC(=CN(C)c2ccc(F)cc2F)C1=O. The lowest BCUT2D eigenvalue weighted by Crippen LogP contribution is -2.19. The van der Waals surface area contributed by atoms with Crippen LogP contribution in [0.1, 0.15) is 0 Å². The van der Waals surface area contributed by atoms with Crippen molar-refractivity contribution < 1.29 is 13.6 Å². The molecular formula is C12H11F2N3O. The molecule has 2 rings (SSSR count). The van der Waals surface area contributed by atoms with Crippen LogP contribution in [0.4, 0.5) is 14.5 Å². The number of carbonyl (C=O) groups is 1. The lowest BCUT2D eigenvalue weighted by molar-refractivity contribution is -0.124. The monoisotopic (exact) mass is 251 g/mol. The van der Waals surface area contributed by atoms with Crippen molar-refractivity contribution in [2.75, 3.05) is 19.0 Å². The van der Waals surface area contributed by atoms with Crippen LogP contribution in [0.25, 0.3) is 0 Å². The first-order chi connectivity index (χ1) is 8.49. The van der Waals surface area contributed by atoms with Gasteiger partial charge in [-0.05, 0) is 12.1 Å². The third-order valence-corrected chi connectivity index (χ3v) is 2.53. The largest absolute Gasteiger partial charge is 0.348 e. The van der Waals surface area contributed by atoms with E-state index in [2.05, 4.69) is 5.10 Å². The molecule has 0 unspecified atom stereocenters. The van der Waals surface area contributed by atoms with Crippen LogP contribution in [0.5, 0.6) is 0 Å². The van der Waals surface area contributed by atoms with Gasteiger partial charge in [0.05, 0.1) is 17.5 Å². The molecular weight excluding hydrogens is 240 g/mol. The summed E-state index contributed by atoms with van der Waals surface area (Å²) in [4.78, 5) is 13.0. The van der Waals surface area contributed by atoms with Crippen LogP contribution in [0.15, 0.2) is 35.1 Å². The summed E-state index contributed by atoms with van der Waals surface area (Å²) in [7, 11) is 3.10. The molecule has 0 aliphatic carbocycles. The number of hydrogen-bond donors (Lipinski definition) is 0. The minimum absolute atomic E-state index is 0.180. The molecule has 1 heterocycles. The van der Waals surface area contributed by atoms with Gasteiger partial charge in [0.25, 0.3) is 5.91 Å². The fourth-order valence-electron chi connectivity index (χ4n) is 1.58. The molecule has 1 aromatic carbocycles. The van der Waals surface area contributed by atoms with E-state index < -0.39 is 11.6 Å². The molecule has 4 nitrogen and oxygen atoms in total. The molecule has 1 aliphatic rings. The van der Waals surface area contributed by atoms with E-state index in [1.165, 1.54) is 35.4 Å². The van der Waals surface area contributed by atoms with Gasteiger partial charge >= 0.3 is 0 Å². The number of likely N-dealkylation sites (N-methyl/N-ethyl adjacent to an activating group) is 1. The van der Waals surface area contributed by atoms with Gasteiger partial charge in [-0.3, -0.25) is 4.79 Å². The zero-order chi connectivity index (χ0) is 13.3. The standard InChI is InChI=1S/C12H11F2N3O/c1-16(7-8-6-15-17(2)12(8)18)11-4-3-9(13)5-10(11)14/h3-7H,1-2H3. The van der Waals surface area contributed by atoms with Gasteiger partial charge in [0.1, 0.15) is 11.6 Å². The number of benzene rings is 1. The molecule has 1 aromatic rings. The number of halogens is 2. The third kappa shape index (κ3) is 2.22. The van der Waals surface area contributed by atoms with Crippen LogP contribution in [0.3, 0.4) is 0 Å². The fourth-order valence-corrected chi connectivity index (χ4v) is 1.58. The van der Waals surface area contributed by atoms with Gasteiger partial charge in [-0.1, -0.05) is 0 Å². The molecule has 0 saturated carbocycles. The maximum Gasteiger partial charge on any atom is 0.276 e. The highest BCUT2D eigenvalue weighted by Crippen LogP contribution is 2.20. The molecule has 0 bridgehead atoms. The summed E-state index contributed by atoms with van der Waals surface area (Å²) in [5.74, 6) is -1.61. The van der Waals surface area contributed by atoms with Crippen LogP contribution >= 0.6 is 0 Å². The number of hydrogen-bond acceptors (Lipinski definition) is 3. The van der Waals surface area contributed by atoms with Crippen LogP contribution in [-0.2, 0) is 4.79 Å². The van der Waals surface area contributed by atoms with Crippen molar-refractivity contribution in [2.45, 2.75) is 0 Å². The van der Waals surface area contributed by atoms with Crippen LogP contribution in [-0.4, -0.2) is 31.2 Å². The Bertz CT molecular complexity index is 554. The molecule has 0 aromatic heterocycles. The number of anilines is 1. The maximum absolute atomic E-state index is 13.5. The maximum atomic E-state index is 13.5. The zero-order valence-electron chi connectivity index (χ0n) is 9.89. The average molecular weight is 251 g/mol. The van der Waals surface area contributed by atoms with Crippen molar-refractivity contribution in [1.29, 1.82) is 0 Å². The quantitative estimate of drug-likeness (QED) is 0.751. The summed E-state index contributed by atoms with van der Waals surface area (Å²) in [5, 5.41) is 4.97. The third-order valence-electron chi connectivity index (χ3n) is 2.53. The predicted molar refractivity (Wildman–Crippen MR) is 64.1 cm³/mol. The minimum atomic E-state index is -0.690. The van der Waals surface area contributed by atoms with Crippen molar-refractivity contribution in [1.82, 2.24) is 5.01 Å². The van der Waals surface area contributed by atoms with Crippen LogP contribution in [0, 0.1) is 11.6 Å². The van der Waals surface area contributed by atoms with Crippen molar-refractivity contribution in [2.24, 2.45) is 5.10 Å². The fraction of sp³-hybridized carbons (Fsp3) is 0.167. The van der Waals surface area contributed by atoms with E-state index in [9.17, 15) is 13.6 Å². The molecule has 94 valence electrons. The predicted octanol–water partition coefficient (Wildman–Crippen LogP) is 1.74. The molecule has 1 amide bonds. The van der Waals surface area contributed by atoms with Crippen molar-refractivity contribution in [3.8, 4) is 0 Å². The van der Waals surface area contributed by atoms with E-state index in [1.54, 1.807) is 7.05 Å². The van der Waals surface area contributed by atoms with Crippen LogP contribution < -0.4 is 4.90 Å². The molecule has 0 spiro atoms. The average Bonchev–Trinajstić information content (AvgIpc) is 2.61. The van der Waals surface area contributed by atoms with E-state index in [-0.39, 0.29) is 11.6 Å². The number of carbonyl (C=O) groups excluding carboxylic acids is 1. The Kier molecular flexibility index (Phi) is 3.10. The van der Waals surface area contributed by atoms with Gasteiger partial charge in [-0.25, -0.2) is 13.8 Å². The first kappa shape index (κ1) is 12.2. The summed E-state index contributed by atoms with van der Waals surface area (Å²) in [6.45, 7) is 0. The molecule has 18 heavy (non-hydrogen) atoms. The highest BCUT2D eigenvalue weighted by Gasteiger charge is 2.19. The minimum Gasteiger partial charge on any atom is -0.348 e. The summed E-state index contributed by atoms with van der Waals surface area (Å²) < 4.78 is 26.3. The van der Waals surface area contributed by atoms with Gasteiger partial charge in [0.15, 0.2) is 0 Å². The van der Waals surface area contributed by atoms with E-state index in [4.69, 9.17) is 0 Å². The highest BCUT2D eigenvalue weighted by atomic mass is 19.1. The topological polar surface area (TPSA) is 35.9 Å². The summed E-state index contributed by atoms with van der Waals surface area (Å²) in [6.07, 6.45) is 2.84. The van der Waals surface area contributed by atoms with Crippen molar-refractivity contribution >= 4 is 17.8 Å². The summed E-state index contributed by atoms with van der Waals surface area (Å²) in [5.41, 5.74) is 0.517. The number of rotatable bonds is 2. The van der Waals surface area contributed by atoms with E-state index >= 15 is 0 Å². The number of nitrogens with zero attached hydrogens (tertiary/aromatic N) is 3. The van der Waals surface area contributed by atoms with E-state index in [0.717, 1.165) is 12.1 Å². The highest BCUT2D eigenvalue weighted by molar-refractivity contribution is 6.15. The molecule has 0 fully saturated rings. The van der Waals surface area contributed by atoms with Crippen molar-refractivity contribution in [3.63, 3.8) is 0 Å². The summed E-state index contributed by atoms with van der Waals surface area (Å²) in [6, 6.07) is 3.26. The second kappa shape index (κ2) is 4.56. The molecule has 0 radical (unpaired) electrons. The Morgan fingerprint density at radius 2 is 2.11 bits per heavy atom. The van der Waals surface area contributed by atoms with Gasteiger partial charge in [-0.2, -0.15) is 5.10 Å². The van der Waals surface area contributed by atoms with Gasteiger partial charge in [0, 0.05) is 26.4 Å². The normalized spacial score (nSPS) is 16.8. The number of hydrazone groups is 1. The molecule has 6 heteroatoms. The second-order valence-corrected chi connectivity index (χ2v) is 3.86. The second-order valence-electron chi connectivity index (χ2n) is 3.86. The first-order valence-corrected chi connectivity index (χ1v) is 5.21. The van der Waals surface area contributed by atoms with Gasteiger partial charge in [0.2, 0.25) is 0 Å². The Hall–Kier alpha value is -2.24. The lowest BCUT2D eigenvalue weighted by atomic mass is 10.2. The smallest absolute Gasteiger partial charge is 0.276 e. The molecule has 0 atom stereocenters. The van der Waals surface area contributed by atoms with Crippen molar-refractivity contribution in [3.05, 3.63) is 41.6 Å². The summed E-state index contributed by atoms with van der Waals surface area (Å²) >= 11 is 0. The van der Waals surface area contributed by atoms with Gasteiger partial charge in [-0.15, -0.1) is 0 Å². The Morgan fingerprint density at radius 1 is 1.39 bits per heavy atom. The zero-order valence-corrected chi connectivity index (χ0v) is 9.89. The van der Waals surface area contributed by atoms with E-state index in [1.807, 2.05) is 0 Å².